The van der Waals surface area contributed by atoms with Crippen molar-refractivity contribution < 1.29 is 14.7 Å². The highest BCUT2D eigenvalue weighted by Crippen LogP contribution is 2.10. The van der Waals surface area contributed by atoms with Crippen LogP contribution < -0.4 is 5.32 Å². The van der Waals surface area contributed by atoms with Crippen LogP contribution in [0.3, 0.4) is 0 Å². The van der Waals surface area contributed by atoms with Crippen LogP contribution in [0.4, 0.5) is 5.69 Å². The largest absolute Gasteiger partial charge is 0.481 e. The minimum Gasteiger partial charge on any atom is -0.481 e. The van der Waals surface area contributed by atoms with Crippen LogP contribution in [0.15, 0.2) is 36.9 Å². The summed E-state index contributed by atoms with van der Waals surface area (Å²) < 4.78 is 0. The van der Waals surface area contributed by atoms with Gasteiger partial charge in [-0.3, -0.25) is 9.59 Å². The lowest BCUT2D eigenvalue weighted by Gasteiger charge is -2.05. The van der Waals surface area contributed by atoms with Crippen LogP contribution in [0.25, 0.3) is 0 Å². The molecular formula is C13H15NO3. The summed E-state index contributed by atoms with van der Waals surface area (Å²) in [6.07, 6.45) is 2.73. The second-order valence-corrected chi connectivity index (χ2v) is 3.64. The average molecular weight is 233 g/mol. The van der Waals surface area contributed by atoms with Crippen molar-refractivity contribution in [2.75, 3.05) is 5.32 Å². The summed E-state index contributed by atoms with van der Waals surface area (Å²) in [6, 6.07) is 6.78. The monoisotopic (exact) mass is 233 g/mol. The van der Waals surface area contributed by atoms with Crippen molar-refractivity contribution >= 4 is 17.6 Å². The molecule has 1 aromatic rings. The lowest BCUT2D eigenvalue weighted by atomic mass is 10.1. The molecule has 0 aliphatic rings. The van der Waals surface area contributed by atoms with Gasteiger partial charge in [-0.15, -0.1) is 6.58 Å². The molecular weight excluding hydrogens is 218 g/mol. The zero-order valence-electron chi connectivity index (χ0n) is 9.48. The Morgan fingerprint density at radius 1 is 1.29 bits per heavy atom. The summed E-state index contributed by atoms with van der Waals surface area (Å²) in [5.41, 5.74) is 1.38. The highest BCUT2D eigenvalue weighted by Gasteiger charge is 2.02. The van der Waals surface area contributed by atoms with Gasteiger partial charge in [0, 0.05) is 12.1 Å². The van der Waals surface area contributed by atoms with E-state index in [-0.39, 0.29) is 12.3 Å². The smallest absolute Gasteiger partial charge is 0.307 e. The number of hydrogen-bond donors (Lipinski definition) is 2. The second-order valence-electron chi connectivity index (χ2n) is 3.64. The van der Waals surface area contributed by atoms with Gasteiger partial charge in [-0.2, -0.15) is 0 Å². The van der Waals surface area contributed by atoms with Crippen molar-refractivity contribution in [2.45, 2.75) is 19.3 Å². The average Bonchev–Trinajstić information content (AvgIpc) is 2.28. The van der Waals surface area contributed by atoms with Crippen LogP contribution >= 0.6 is 0 Å². The molecule has 0 fully saturated rings. The van der Waals surface area contributed by atoms with Gasteiger partial charge in [-0.25, -0.2) is 0 Å². The number of anilines is 1. The molecule has 0 saturated carbocycles. The van der Waals surface area contributed by atoms with Crippen molar-refractivity contribution in [1.29, 1.82) is 0 Å². The molecule has 4 nitrogen and oxygen atoms in total. The van der Waals surface area contributed by atoms with Gasteiger partial charge in [-0.05, 0) is 24.1 Å². The molecule has 0 unspecified atom stereocenters. The van der Waals surface area contributed by atoms with E-state index >= 15 is 0 Å². The molecule has 0 aliphatic heterocycles. The molecule has 0 aliphatic carbocycles. The van der Waals surface area contributed by atoms with E-state index < -0.39 is 5.97 Å². The Kier molecular flexibility index (Phi) is 4.94. The van der Waals surface area contributed by atoms with E-state index in [1.54, 1.807) is 30.3 Å². The Labute approximate surface area is 100.0 Å². The topological polar surface area (TPSA) is 66.4 Å². The van der Waals surface area contributed by atoms with Gasteiger partial charge in [0.25, 0.3) is 0 Å². The molecule has 1 amide bonds. The molecule has 2 N–H and O–H groups in total. The first-order valence-corrected chi connectivity index (χ1v) is 5.33. The number of carboxylic acids is 1. The molecule has 0 radical (unpaired) electrons. The van der Waals surface area contributed by atoms with E-state index in [4.69, 9.17) is 5.11 Å². The van der Waals surface area contributed by atoms with Gasteiger partial charge in [0.2, 0.25) is 5.91 Å². The Balaban J connectivity index is 2.53. The minimum absolute atomic E-state index is 0.00924. The van der Waals surface area contributed by atoms with Crippen LogP contribution in [0.1, 0.15) is 18.4 Å². The SMILES string of the molecule is C=CCCC(=O)Nc1ccc(CC(=O)O)cc1. The molecule has 1 rings (SSSR count). The van der Waals surface area contributed by atoms with Crippen molar-refractivity contribution in [1.82, 2.24) is 0 Å². The second kappa shape index (κ2) is 6.48. The fraction of sp³-hybridized carbons (Fsp3) is 0.231. The molecule has 0 bridgehead atoms. The molecule has 90 valence electrons. The predicted molar refractivity (Wildman–Crippen MR) is 65.8 cm³/mol. The predicted octanol–water partition coefficient (Wildman–Crippen LogP) is 2.22. The fourth-order valence-corrected chi connectivity index (χ4v) is 1.34. The fourth-order valence-electron chi connectivity index (χ4n) is 1.34. The molecule has 17 heavy (non-hydrogen) atoms. The van der Waals surface area contributed by atoms with E-state index in [1.807, 2.05) is 0 Å². The highest BCUT2D eigenvalue weighted by atomic mass is 16.4. The standard InChI is InChI=1S/C13H15NO3/c1-2-3-4-12(15)14-11-7-5-10(6-8-11)9-13(16)17/h2,5-8H,1,3-4,9H2,(H,14,15)(H,16,17). The van der Waals surface area contributed by atoms with E-state index in [9.17, 15) is 9.59 Å². The Hall–Kier alpha value is -2.10. The maximum absolute atomic E-state index is 11.4. The molecule has 0 saturated heterocycles. The number of carbonyl (C=O) groups excluding carboxylic acids is 1. The molecule has 0 atom stereocenters. The maximum Gasteiger partial charge on any atom is 0.307 e. The van der Waals surface area contributed by atoms with Crippen molar-refractivity contribution in [3.8, 4) is 0 Å². The van der Waals surface area contributed by atoms with Crippen LogP contribution in [0, 0.1) is 0 Å². The first kappa shape index (κ1) is 13.0. The number of allylic oxidation sites excluding steroid dienone is 1. The number of benzene rings is 1. The molecule has 0 spiro atoms. The molecule has 0 heterocycles. The Morgan fingerprint density at radius 3 is 2.47 bits per heavy atom. The van der Waals surface area contributed by atoms with E-state index in [2.05, 4.69) is 11.9 Å². The van der Waals surface area contributed by atoms with Crippen LogP contribution in [-0.4, -0.2) is 17.0 Å². The summed E-state index contributed by atoms with van der Waals surface area (Å²) in [5.74, 6) is -0.941. The third-order valence-corrected chi connectivity index (χ3v) is 2.17. The molecule has 1 aromatic carbocycles. The summed E-state index contributed by atoms with van der Waals surface area (Å²) in [5, 5.41) is 11.3. The minimum atomic E-state index is -0.868. The van der Waals surface area contributed by atoms with Gasteiger partial charge in [0.15, 0.2) is 0 Å². The zero-order chi connectivity index (χ0) is 12.7. The number of hydrogen-bond acceptors (Lipinski definition) is 2. The Bertz CT molecular complexity index is 409. The van der Waals surface area contributed by atoms with Crippen LogP contribution in [0.2, 0.25) is 0 Å². The lowest BCUT2D eigenvalue weighted by molar-refractivity contribution is -0.136. The summed E-state index contributed by atoms with van der Waals surface area (Å²) in [6.45, 7) is 3.54. The van der Waals surface area contributed by atoms with Gasteiger partial charge in [0.05, 0.1) is 6.42 Å². The number of nitrogens with one attached hydrogen (secondary N) is 1. The number of carbonyl (C=O) groups is 2. The van der Waals surface area contributed by atoms with Gasteiger partial charge < -0.3 is 10.4 Å². The van der Waals surface area contributed by atoms with Gasteiger partial charge in [-0.1, -0.05) is 18.2 Å². The summed E-state index contributed by atoms with van der Waals surface area (Å²) >= 11 is 0. The summed E-state index contributed by atoms with van der Waals surface area (Å²) in [7, 11) is 0. The quantitative estimate of drug-likeness (QED) is 0.740. The van der Waals surface area contributed by atoms with Gasteiger partial charge in [0.1, 0.15) is 0 Å². The summed E-state index contributed by atoms with van der Waals surface area (Å²) in [4.78, 5) is 21.9. The first-order valence-electron chi connectivity index (χ1n) is 5.33. The van der Waals surface area contributed by atoms with E-state index in [0.717, 1.165) is 0 Å². The number of carboxylic acid groups (broad SMARTS) is 1. The molecule has 0 aromatic heterocycles. The first-order chi connectivity index (χ1) is 8.11. The van der Waals surface area contributed by atoms with Crippen molar-refractivity contribution in [2.24, 2.45) is 0 Å². The van der Waals surface area contributed by atoms with E-state index in [0.29, 0.717) is 24.1 Å². The van der Waals surface area contributed by atoms with Crippen LogP contribution in [0.5, 0.6) is 0 Å². The number of rotatable bonds is 6. The number of amides is 1. The molecule has 4 heteroatoms. The normalized spacial score (nSPS) is 9.65. The van der Waals surface area contributed by atoms with E-state index in [1.165, 1.54) is 0 Å². The third kappa shape index (κ3) is 4.97. The Morgan fingerprint density at radius 2 is 1.94 bits per heavy atom. The maximum atomic E-state index is 11.4. The highest BCUT2D eigenvalue weighted by molar-refractivity contribution is 5.90. The van der Waals surface area contributed by atoms with Crippen molar-refractivity contribution in [3.63, 3.8) is 0 Å². The number of aliphatic carboxylic acids is 1. The van der Waals surface area contributed by atoms with Crippen molar-refractivity contribution in [3.05, 3.63) is 42.5 Å². The lowest BCUT2D eigenvalue weighted by Crippen LogP contribution is -2.10. The zero-order valence-corrected chi connectivity index (χ0v) is 9.48. The third-order valence-electron chi connectivity index (χ3n) is 2.17. The van der Waals surface area contributed by atoms with Crippen LogP contribution in [-0.2, 0) is 16.0 Å². The van der Waals surface area contributed by atoms with Gasteiger partial charge >= 0.3 is 5.97 Å².